The lowest BCUT2D eigenvalue weighted by Gasteiger charge is -2.19. The van der Waals surface area contributed by atoms with Gasteiger partial charge in [-0.2, -0.15) is 4.52 Å². The van der Waals surface area contributed by atoms with Crippen LogP contribution < -0.4 is 20.3 Å². The molecule has 9 nitrogen and oxygen atoms in total. The van der Waals surface area contributed by atoms with Gasteiger partial charge in [0.15, 0.2) is 5.82 Å². The van der Waals surface area contributed by atoms with Gasteiger partial charge in [-0.05, 0) is 50.2 Å². The standard InChI is InChI=1S/C25H37N7O2S/c1-5-31(6-2)16-15-26-21(33)17-30(3)25-29-32-23(27-19-9-7-8-10-19)22(28-24(32)35-25)18-11-13-20(34-4)14-12-18/h11-14,19,27H,5-10,15-17H2,1-4H3,(H,26,33). The van der Waals surface area contributed by atoms with Gasteiger partial charge in [-0.1, -0.05) is 38.0 Å². The van der Waals surface area contributed by atoms with Crippen LogP contribution in [-0.4, -0.2) is 78.3 Å². The first-order valence-electron chi connectivity index (χ1n) is 12.5. The first kappa shape index (κ1) is 25.2. The van der Waals surface area contributed by atoms with Crippen molar-refractivity contribution in [2.75, 3.05) is 57.1 Å². The number of imidazole rings is 1. The molecule has 2 heterocycles. The van der Waals surface area contributed by atoms with Gasteiger partial charge in [-0.25, -0.2) is 4.98 Å². The van der Waals surface area contributed by atoms with Gasteiger partial charge < -0.3 is 25.2 Å². The number of amides is 1. The molecule has 0 aliphatic heterocycles. The van der Waals surface area contributed by atoms with Crippen LogP contribution in [0.2, 0.25) is 0 Å². The van der Waals surface area contributed by atoms with Gasteiger partial charge in [0.1, 0.15) is 11.4 Å². The molecule has 3 aromatic rings. The molecule has 1 aliphatic carbocycles. The molecule has 0 bridgehead atoms. The van der Waals surface area contributed by atoms with Crippen molar-refractivity contribution >= 4 is 33.2 Å². The highest BCUT2D eigenvalue weighted by Crippen LogP contribution is 2.35. The van der Waals surface area contributed by atoms with Crippen LogP contribution in [-0.2, 0) is 4.79 Å². The van der Waals surface area contributed by atoms with Gasteiger partial charge in [-0.15, -0.1) is 5.10 Å². The average Bonchev–Trinajstić information content (AvgIpc) is 3.60. The van der Waals surface area contributed by atoms with E-state index in [0.717, 1.165) is 65.4 Å². The number of aromatic nitrogens is 3. The maximum atomic E-state index is 12.5. The molecule has 0 atom stereocenters. The monoisotopic (exact) mass is 499 g/mol. The second-order valence-corrected chi connectivity index (χ2v) is 9.91. The Labute approximate surface area is 211 Å². The van der Waals surface area contributed by atoms with Crippen LogP contribution in [0.25, 0.3) is 16.2 Å². The van der Waals surface area contributed by atoms with E-state index in [9.17, 15) is 4.79 Å². The van der Waals surface area contributed by atoms with Crippen molar-refractivity contribution in [1.82, 2.24) is 24.8 Å². The Morgan fingerprint density at radius 3 is 2.57 bits per heavy atom. The van der Waals surface area contributed by atoms with E-state index < -0.39 is 0 Å². The van der Waals surface area contributed by atoms with Crippen LogP contribution in [0.1, 0.15) is 39.5 Å². The van der Waals surface area contributed by atoms with Gasteiger partial charge in [0.25, 0.3) is 0 Å². The summed E-state index contributed by atoms with van der Waals surface area (Å²) in [4.78, 5) is 22.4. The Balaban J connectivity index is 1.51. The molecule has 0 radical (unpaired) electrons. The largest absolute Gasteiger partial charge is 0.497 e. The number of nitrogens with zero attached hydrogens (tertiary/aromatic N) is 5. The summed E-state index contributed by atoms with van der Waals surface area (Å²) in [6.45, 7) is 8.00. The van der Waals surface area contributed by atoms with Crippen molar-refractivity contribution in [2.24, 2.45) is 0 Å². The van der Waals surface area contributed by atoms with E-state index in [1.54, 1.807) is 7.11 Å². The normalized spacial score (nSPS) is 14.1. The zero-order chi connectivity index (χ0) is 24.8. The first-order valence-corrected chi connectivity index (χ1v) is 13.3. The van der Waals surface area contributed by atoms with Crippen molar-refractivity contribution in [3.05, 3.63) is 24.3 Å². The molecule has 4 rings (SSSR count). The Kier molecular flexibility index (Phi) is 8.46. The van der Waals surface area contributed by atoms with E-state index >= 15 is 0 Å². The molecule has 0 spiro atoms. The number of anilines is 2. The molecular weight excluding hydrogens is 462 g/mol. The number of likely N-dealkylation sites (N-methyl/N-ethyl adjacent to an activating group) is 2. The summed E-state index contributed by atoms with van der Waals surface area (Å²) in [7, 11) is 3.57. The molecule has 2 aromatic heterocycles. The van der Waals surface area contributed by atoms with E-state index in [0.29, 0.717) is 12.6 Å². The number of hydrogen-bond donors (Lipinski definition) is 2. The zero-order valence-electron chi connectivity index (χ0n) is 21.2. The lowest BCUT2D eigenvalue weighted by Crippen LogP contribution is -2.39. The lowest BCUT2D eigenvalue weighted by atomic mass is 10.1. The summed E-state index contributed by atoms with van der Waals surface area (Å²) in [5, 5.41) is 12.3. The third-order valence-corrected chi connectivity index (χ3v) is 7.63. The van der Waals surface area contributed by atoms with E-state index in [1.807, 2.05) is 40.7 Å². The number of hydrogen-bond acceptors (Lipinski definition) is 8. The van der Waals surface area contributed by atoms with Gasteiger partial charge in [0.2, 0.25) is 16.0 Å². The molecule has 0 unspecified atom stereocenters. The minimum Gasteiger partial charge on any atom is -0.497 e. The van der Waals surface area contributed by atoms with Gasteiger partial charge in [0, 0.05) is 31.7 Å². The first-order chi connectivity index (χ1) is 17.0. The van der Waals surface area contributed by atoms with Crippen LogP contribution in [0.4, 0.5) is 10.9 Å². The van der Waals surface area contributed by atoms with E-state index in [4.69, 9.17) is 14.8 Å². The second kappa shape index (κ2) is 11.7. The van der Waals surface area contributed by atoms with Gasteiger partial charge >= 0.3 is 0 Å². The van der Waals surface area contributed by atoms with E-state index in [-0.39, 0.29) is 12.5 Å². The van der Waals surface area contributed by atoms with Crippen molar-refractivity contribution < 1.29 is 9.53 Å². The van der Waals surface area contributed by atoms with E-state index in [2.05, 4.69) is 29.4 Å². The highest BCUT2D eigenvalue weighted by atomic mass is 32.1. The third kappa shape index (κ3) is 6.05. The number of ether oxygens (including phenoxy) is 1. The van der Waals surface area contributed by atoms with Crippen LogP contribution >= 0.6 is 11.3 Å². The Morgan fingerprint density at radius 1 is 1.20 bits per heavy atom. The average molecular weight is 500 g/mol. The molecule has 1 aromatic carbocycles. The fraction of sp³-hybridized carbons (Fsp3) is 0.560. The Bertz CT molecular complexity index is 1100. The molecule has 1 saturated carbocycles. The number of fused-ring (bicyclic) bond motifs is 1. The van der Waals surface area contributed by atoms with Crippen LogP contribution in [0.15, 0.2) is 24.3 Å². The SMILES string of the molecule is CCN(CC)CCNC(=O)CN(C)c1nn2c(NC3CCCC3)c(-c3ccc(OC)cc3)nc2s1. The Hall–Kier alpha value is -2.85. The van der Waals surface area contributed by atoms with Crippen molar-refractivity contribution in [2.45, 2.75) is 45.6 Å². The minimum atomic E-state index is -0.00396. The topological polar surface area (TPSA) is 87.0 Å². The van der Waals surface area contributed by atoms with Crippen LogP contribution in [0.3, 0.4) is 0 Å². The lowest BCUT2D eigenvalue weighted by molar-refractivity contribution is -0.119. The van der Waals surface area contributed by atoms with Crippen molar-refractivity contribution in [3.63, 3.8) is 0 Å². The summed E-state index contributed by atoms with van der Waals surface area (Å²) in [5.74, 6) is 1.73. The zero-order valence-corrected chi connectivity index (χ0v) is 22.0. The predicted octanol–water partition coefficient (Wildman–Crippen LogP) is 3.72. The van der Waals surface area contributed by atoms with Crippen LogP contribution in [0, 0.1) is 0 Å². The number of carbonyl (C=O) groups is 1. The fourth-order valence-corrected chi connectivity index (χ4v) is 5.33. The molecule has 35 heavy (non-hydrogen) atoms. The molecular formula is C25H37N7O2S. The molecule has 1 fully saturated rings. The molecule has 1 aliphatic rings. The maximum absolute atomic E-state index is 12.5. The minimum absolute atomic E-state index is 0.00396. The van der Waals surface area contributed by atoms with Crippen molar-refractivity contribution in [3.8, 4) is 17.0 Å². The third-order valence-electron chi connectivity index (χ3n) is 6.60. The highest BCUT2D eigenvalue weighted by Gasteiger charge is 2.24. The number of rotatable bonds is 12. The van der Waals surface area contributed by atoms with Crippen molar-refractivity contribution in [1.29, 1.82) is 0 Å². The number of methoxy groups -OCH3 is 1. The van der Waals surface area contributed by atoms with Gasteiger partial charge in [0.05, 0.1) is 13.7 Å². The summed E-state index contributed by atoms with van der Waals surface area (Å²) in [6, 6.07) is 8.38. The summed E-state index contributed by atoms with van der Waals surface area (Å²) in [6.07, 6.45) is 4.79. The van der Waals surface area contributed by atoms with Gasteiger partial charge in [-0.3, -0.25) is 4.79 Å². The smallest absolute Gasteiger partial charge is 0.239 e. The number of carbonyl (C=O) groups excluding carboxylic acids is 1. The summed E-state index contributed by atoms with van der Waals surface area (Å²) < 4.78 is 7.21. The van der Waals surface area contributed by atoms with E-state index in [1.165, 1.54) is 24.2 Å². The summed E-state index contributed by atoms with van der Waals surface area (Å²) in [5.41, 5.74) is 1.91. The highest BCUT2D eigenvalue weighted by molar-refractivity contribution is 7.20. The predicted molar refractivity (Wildman–Crippen MR) is 143 cm³/mol. The maximum Gasteiger partial charge on any atom is 0.239 e. The molecule has 1 amide bonds. The number of nitrogens with one attached hydrogen (secondary N) is 2. The molecule has 0 saturated heterocycles. The quantitative estimate of drug-likeness (QED) is 0.393. The van der Waals surface area contributed by atoms with Crippen LogP contribution in [0.5, 0.6) is 5.75 Å². The Morgan fingerprint density at radius 2 is 1.91 bits per heavy atom. The molecule has 190 valence electrons. The molecule has 2 N–H and O–H groups in total. The number of benzene rings is 1. The fourth-order valence-electron chi connectivity index (χ4n) is 4.47. The molecule has 10 heteroatoms. The summed E-state index contributed by atoms with van der Waals surface area (Å²) >= 11 is 1.49. The second-order valence-electron chi connectivity index (χ2n) is 8.98.